The number of halogens is 10. The van der Waals surface area contributed by atoms with Gasteiger partial charge in [-0.1, -0.05) is 0 Å². The van der Waals surface area contributed by atoms with Crippen LogP contribution in [0.1, 0.15) is 0 Å². The standard InChI is InChI=1S/C4H2F6.C3H2F4/c5-3(6,7)1-2-4(8,9)10;4-2-1-3(5,6)7/h1-2H;1-2H/b;2-1+. The van der Waals surface area contributed by atoms with Crippen molar-refractivity contribution >= 4 is 0 Å². The van der Waals surface area contributed by atoms with E-state index < -0.39 is 43.1 Å². The Hall–Kier alpha value is -1.22. The van der Waals surface area contributed by atoms with Gasteiger partial charge in [0.15, 0.2) is 0 Å². The van der Waals surface area contributed by atoms with Gasteiger partial charge in [0, 0.05) is 18.2 Å². The molecule has 0 rings (SSSR count). The van der Waals surface area contributed by atoms with E-state index in [4.69, 9.17) is 0 Å². The van der Waals surface area contributed by atoms with Crippen LogP contribution in [0.4, 0.5) is 43.9 Å². The normalized spacial score (nSPS) is 14.0. The summed E-state index contributed by atoms with van der Waals surface area (Å²) in [6.45, 7) is 0. The second-order valence-electron chi connectivity index (χ2n) is 2.25. The molecule has 0 spiro atoms. The topological polar surface area (TPSA) is 0 Å². The van der Waals surface area contributed by atoms with Crippen molar-refractivity contribution in [3.63, 3.8) is 0 Å². The molecule has 0 saturated carbocycles. The van der Waals surface area contributed by atoms with Gasteiger partial charge in [-0.15, -0.1) is 0 Å². The molecule has 0 radical (unpaired) electrons. The molecule has 0 nitrogen and oxygen atoms in total. The summed E-state index contributed by atoms with van der Waals surface area (Å²) in [5.41, 5.74) is 0. The summed E-state index contributed by atoms with van der Waals surface area (Å²) in [5.74, 6) is 0. The van der Waals surface area contributed by atoms with Gasteiger partial charge in [0.2, 0.25) is 0 Å². The second kappa shape index (κ2) is 6.50. The quantitative estimate of drug-likeness (QED) is 0.445. The van der Waals surface area contributed by atoms with Gasteiger partial charge in [-0.3, -0.25) is 0 Å². The van der Waals surface area contributed by atoms with Gasteiger partial charge in [0.25, 0.3) is 0 Å². The molecule has 0 aromatic heterocycles. The van der Waals surface area contributed by atoms with Gasteiger partial charge in [-0.05, 0) is 0 Å². The van der Waals surface area contributed by atoms with Gasteiger partial charge in [-0.25, -0.2) is 4.39 Å². The van der Waals surface area contributed by atoms with Crippen molar-refractivity contribution in [2.45, 2.75) is 18.5 Å². The molecule has 17 heavy (non-hydrogen) atoms. The van der Waals surface area contributed by atoms with Crippen molar-refractivity contribution in [2.75, 3.05) is 0 Å². The third-order valence-corrected chi connectivity index (χ3v) is 0.713. The summed E-state index contributed by atoms with van der Waals surface area (Å²) in [6.07, 6.45) is -17.0. The van der Waals surface area contributed by atoms with Gasteiger partial charge in [-0.2, -0.15) is 39.5 Å². The van der Waals surface area contributed by atoms with E-state index in [0.29, 0.717) is 0 Å². The maximum atomic E-state index is 11.0. The van der Waals surface area contributed by atoms with Crippen LogP contribution >= 0.6 is 0 Å². The lowest BCUT2D eigenvalue weighted by Crippen LogP contribution is -2.07. The Morgan fingerprint density at radius 2 is 0.706 bits per heavy atom. The second-order valence-corrected chi connectivity index (χ2v) is 2.25. The van der Waals surface area contributed by atoms with E-state index in [1.807, 2.05) is 0 Å². The van der Waals surface area contributed by atoms with Crippen LogP contribution in [0.15, 0.2) is 24.6 Å². The molecule has 10 heteroatoms. The van der Waals surface area contributed by atoms with E-state index in [1.165, 1.54) is 0 Å². The highest BCUT2D eigenvalue weighted by Crippen LogP contribution is 2.22. The van der Waals surface area contributed by atoms with Crippen LogP contribution in [0, 0.1) is 0 Å². The molecular weight excluding hydrogens is 274 g/mol. The Morgan fingerprint density at radius 3 is 0.765 bits per heavy atom. The molecule has 0 aromatic carbocycles. The third-order valence-electron chi connectivity index (χ3n) is 0.713. The predicted octanol–water partition coefficient (Wildman–Crippen LogP) is 4.70. The average Bonchev–Trinajstić information content (AvgIpc) is 1.97. The highest BCUT2D eigenvalue weighted by molar-refractivity contribution is 4.93. The Labute approximate surface area is 88.2 Å². The minimum absolute atomic E-state index is 0.479. The maximum Gasteiger partial charge on any atom is 0.411 e. The summed E-state index contributed by atoms with van der Waals surface area (Å²) in [5, 5.41) is 0. The van der Waals surface area contributed by atoms with Gasteiger partial charge >= 0.3 is 18.5 Å². The Bertz CT molecular complexity index is 233. The monoisotopic (exact) mass is 278 g/mol. The first-order chi connectivity index (χ1) is 7.27. The van der Waals surface area contributed by atoms with Crippen LogP contribution in [0.25, 0.3) is 0 Å². The minimum atomic E-state index is -4.89. The Balaban J connectivity index is 0. The van der Waals surface area contributed by atoms with Crippen molar-refractivity contribution in [1.29, 1.82) is 0 Å². The minimum Gasteiger partial charge on any atom is -0.216 e. The lowest BCUT2D eigenvalue weighted by atomic mass is 10.5. The van der Waals surface area contributed by atoms with Crippen LogP contribution in [0.2, 0.25) is 0 Å². The molecule has 0 aliphatic carbocycles. The highest BCUT2D eigenvalue weighted by atomic mass is 19.4. The van der Waals surface area contributed by atoms with E-state index in [9.17, 15) is 43.9 Å². The molecule has 0 saturated heterocycles. The largest absolute Gasteiger partial charge is 0.411 e. The number of allylic oxidation sites excluding steroid dienone is 3. The van der Waals surface area contributed by atoms with E-state index in [0.717, 1.165) is 0 Å². The molecule has 0 atom stereocenters. The number of alkyl halides is 9. The van der Waals surface area contributed by atoms with Crippen molar-refractivity contribution in [2.24, 2.45) is 0 Å². The Kier molecular flexibility index (Phi) is 6.94. The first-order valence-electron chi connectivity index (χ1n) is 3.45. The molecule has 0 N–H and O–H groups in total. The molecule has 0 aliphatic rings. The third kappa shape index (κ3) is 25.2. The van der Waals surface area contributed by atoms with E-state index in [-0.39, 0.29) is 0 Å². The van der Waals surface area contributed by atoms with Gasteiger partial charge in [0.1, 0.15) is 0 Å². The first kappa shape index (κ1) is 18.2. The number of hydrogen-bond donors (Lipinski definition) is 0. The predicted molar refractivity (Wildman–Crippen MR) is 37.6 cm³/mol. The Morgan fingerprint density at radius 1 is 0.471 bits per heavy atom. The number of rotatable bonds is 0. The molecule has 102 valence electrons. The van der Waals surface area contributed by atoms with Crippen molar-refractivity contribution in [1.82, 2.24) is 0 Å². The van der Waals surface area contributed by atoms with E-state index in [1.54, 1.807) is 0 Å². The fourth-order valence-corrected chi connectivity index (χ4v) is 0.260. The molecule has 0 unspecified atom stereocenters. The summed E-state index contributed by atoms with van der Waals surface area (Å²) >= 11 is 0. The molecule has 0 bridgehead atoms. The summed E-state index contributed by atoms with van der Waals surface area (Å²) in [4.78, 5) is 0. The summed E-state index contributed by atoms with van der Waals surface area (Å²) in [6, 6.07) is 0. The highest BCUT2D eigenvalue weighted by Gasteiger charge is 2.29. The zero-order chi connectivity index (χ0) is 14.3. The summed E-state index contributed by atoms with van der Waals surface area (Å²) in [7, 11) is 0. The molecule has 0 fully saturated rings. The van der Waals surface area contributed by atoms with Crippen molar-refractivity contribution in [3.8, 4) is 0 Å². The lowest BCUT2D eigenvalue weighted by molar-refractivity contribution is -0.0981. The van der Waals surface area contributed by atoms with Gasteiger partial charge < -0.3 is 0 Å². The molecule has 0 aliphatic heterocycles. The lowest BCUT2D eigenvalue weighted by Gasteiger charge is -1.99. The van der Waals surface area contributed by atoms with E-state index >= 15 is 0 Å². The van der Waals surface area contributed by atoms with Crippen LogP contribution in [0.3, 0.4) is 0 Å². The zero-order valence-electron chi connectivity index (χ0n) is 7.59. The zero-order valence-corrected chi connectivity index (χ0v) is 7.59. The van der Waals surface area contributed by atoms with Crippen molar-refractivity contribution < 1.29 is 43.9 Å². The van der Waals surface area contributed by atoms with Crippen LogP contribution < -0.4 is 0 Å². The maximum absolute atomic E-state index is 11.0. The molecular formula is C7H4F10. The fourth-order valence-electron chi connectivity index (χ4n) is 0.260. The summed E-state index contributed by atoms with van der Waals surface area (Å²) < 4.78 is 109. The smallest absolute Gasteiger partial charge is 0.216 e. The van der Waals surface area contributed by atoms with Crippen LogP contribution in [-0.2, 0) is 0 Å². The number of hydrogen-bond acceptors (Lipinski definition) is 0. The molecule has 0 aromatic rings. The van der Waals surface area contributed by atoms with E-state index in [2.05, 4.69) is 0 Å². The van der Waals surface area contributed by atoms with Crippen LogP contribution in [-0.4, -0.2) is 18.5 Å². The van der Waals surface area contributed by atoms with Gasteiger partial charge in [0.05, 0.1) is 6.33 Å². The average molecular weight is 278 g/mol. The first-order valence-corrected chi connectivity index (χ1v) is 3.45. The van der Waals surface area contributed by atoms with Crippen LogP contribution in [0.5, 0.6) is 0 Å². The SMILES string of the molecule is F/C=C/C(F)(F)F.FC(F)(F)C=CC(F)(F)F. The fraction of sp³-hybridized carbons (Fsp3) is 0.429. The molecule has 0 heterocycles. The van der Waals surface area contributed by atoms with Crippen molar-refractivity contribution in [3.05, 3.63) is 24.6 Å². The molecule has 0 amide bonds.